The van der Waals surface area contributed by atoms with Crippen molar-refractivity contribution < 1.29 is 0 Å². The number of fused-ring (bicyclic) bond motifs is 6. The van der Waals surface area contributed by atoms with Crippen molar-refractivity contribution in [1.29, 1.82) is 0 Å². The topological polar surface area (TPSA) is 6.48 Å². The Morgan fingerprint density at radius 1 is 0.294 bits per heavy atom. The fourth-order valence-corrected chi connectivity index (χ4v) is 11.2. The third-order valence-electron chi connectivity index (χ3n) is 15.5. The van der Waals surface area contributed by atoms with Crippen molar-refractivity contribution in [2.45, 2.75) is 157 Å². The Labute approximate surface area is 410 Å². The maximum absolute atomic E-state index is 2.58. The summed E-state index contributed by atoms with van der Waals surface area (Å²) in [4.78, 5) is 4.93. The molecule has 2 aliphatic rings. The number of rotatable bonds is 6. The first kappa shape index (κ1) is 47.2. The van der Waals surface area contributed by atoms with E-state index in [0.29, 0.717) is 0 Å². The van der Waals surface area contributed by atoms with Crippen molar-refractivity contribution in [2.75, 3.05) is 9.80 Å². The maximum Gasteiger partial charge on any atom is 0.0467 e. The number of benzene rings is 7. The maximum atomic E-state index is 2.58. The van der Waals surface area contributed by atoms with Crippen molar-refractivity contribution >= 4 is 34.1 Å². The molecule has 0 spiro atoms. The minimum atomic E-state index is -0.214. The van der Waals surface area contributed by atoms with E-state index in [1.165, 1.54) is 112 Å². The zero-order valence-electron chi connectivity index (χ0n) is 44.6. The Morgan fingerprint density at radius 2 is 0.529 bits per heavy atom. The van der Waals surface area contributed by atoms with E-state index < -0.39 is 0 Å². The second-order valence-electron chi connectivity index (χ2n) is 25.4. The van der Waals surface area contributed by atoms with Crippen LogP contribution in [0.15, 0.2) is 133 Å². The van der Waals surface area contributed by atoms with Crippen molar-refractivity contribution in [3.05, 3.63) is 189 Å². The second kappa shape index (κ2) is 15.8. The van der Waals surface area contributed by atoms with Crippen molar-refractivity contribution in [1.82, 2.24) is 0 Å². The van der Waals surface area contributed by atoms with Crippen molar-refractivity contribution in [3.8, 4) is 22.3 Å². The van der Waals surface area contributed by atoms with Gasteiger partial charge in [-0.25, -0.2) is 0 Å². The zero-order valence-corrected chi connectivity index (χ0v) is 44.6. The average molecular weight is 897 g/mol. The summed E-state index contributed by atoms with van der Waals surface area (Å²) >= 11 is 0. The summed E-state index contributed by atoms with van der Waals surface area (Å²) in [6.07, 6.45) is 0. The van der Waals surface area contributed by atoms with Gasteiger partial charge in [-0.15, -0.1) is 0 Å². The molecule has 0 bridgehead atoms. The van der Waals surface area contributed by atoms with E-state index in [4.69, 9.17) is 0 Å². The van der Waals surface area contributed by atoms with E-state index in [-0.39, 0.29) is 32.5 Å². The molecule has 0 heterocycles. The molecule has 9 rings (SSSR count). The Bertz CT molecular complexity index is 2730. The molecule has 2 nitrogen and oxygen atoms in total. The summed E-state index contributed by atoms with van der Waals surface area (Å²) in [7, 11) is 0. The van der Waals surface area contributed by atoms with Gasteiger partial charge in [-0.1, -0.05) is 159 Å². The fourth-order valence-electron chi connectivity index (χ4n) is 11.2. The van der Waals surface area contributed by atoms with Gasteiger partial charge in [-0.05, 0) is 198 Å². The first-order valence-electron chi connectivity index (χ1n) is 25.1. The molecule has 0 N–H and O–H groups in total. The molecule has 7 aromatic rings. The highest BCUT2D eigenvalue weighted by atomic mass is 15.1. The number of hydrogen-bond acceptors (Lipinski definition) is 2. The molecule has 0 atom stereocenters. The first-order chi connectivity index (χ1) is 31.6. The largest absolute Gasteiger partial charge is 0.310 e. The number of aryl methyl sites for hydroxylation is 2. The molecular weight excluding hydrogens is 821 g/mol. The lowest BCUT2D eigenvalue weighted by Crippen LogP contribution is -2.18. The minimum absolute atomic E-state index is 0.0755. The van der Waals surface area contributed by atoms with Gasteiger partial charge in [0.15, 0.2) is 0 Å². The molecule has 68 heavy (non-hydrogen) atoms. The van der Waals surface area contributed by atoms with Crippen LogP contribution >= 0.6 is 0 Å². The summed E-state index contributed by atoms with van der Waals surface area (Å²) in [6, 6.07) is 51.9. The van der Waals surface area contributed by atoms with E-state index in [2.05, 4.69) is 268 Å². The van der Waals surface area contributed by atoms with Crippen LogP contribution in [0.2, 0.25) is 0 Å². The smallest absolute Gasteiger partial charge is 0.0467 e. The van der Waals surface area contributed by atoms with Crippen LogP contribution in [0.25, 0.3) is 22.3 Å². The highest BCUT2D eigenvalue weighted by Crippen LogP contribution is 2.59. The molecule has 0 saturated heterocycles. The summed E-state index contributed by atoms with van der Waals surface area (Å²) < 4.78 is 0. The van der Waals surface area contributed by atoms with Gasteiger partial charge in [0, 0.05) is 45.0 Å². The molecule has 350 valence electrons. The van der Waals surface area contributed by atoms with E-state index in [1.807, 2.05) is 0 Å². The van der Waals surface area contributed by atoms with Crippen molar-refractivity contribution in [3.63, 3.8) is 0 Å². The van der Waals surface area contributed by atoms with Gasteiger partial charge in [0.1, 0.15) is 0 Å². The highest BCUT2D eigenvalue weighted by molar-refractivity contribution is 5.94. The van der Waals surface area contributed by atoms with Gasteiger partial charge in [-0.2, -0.15) is 0 Å². The average Bonchev–Trinajstić information content (AvgIpc) is 3.61. The molecule has 0 fully saturated rings. The van der Waals surface area contributed by atoms with Crippen LogP contribution in [-0.2, 0) is 32.5 Å². The van der Waals surface area contributed by atoms with Crippen LogP contribution in [0.5, 0.6) is 0 Å². The summed E-state index contributed by atoms with van der Waals surface area (Å²) in [5.41, 5.74) is 26.0. The van der Waals surface area contributed by atoms with Crippen LogP contribution in [0.1, 0.15) is 166 Å². The van der Waals surface area contributed by atoms with E-state index in [9.17, 15) is 0 Å². The van der Waals surface area contributed by atoms with E-state index >= 15 is 0 Å². The monoisotopic (exact) mass is 897 g/mol. The van der Waals surface area contributed by atoms with Crippen LogP contribution in [-0.4, -0.2) is 0 Å². The van der Waals surface area contributed by atoms with Crippen LogP contribution < -0.4 is 9.80 Å². The van der Waals surface area contributed by atoms with Crippen LogP contribution in [0, 0.1) is 13.8 Å². The Morgan fingerprint density at radius 3 is 0.750 bits per heavy atom. The molecule has 2 heteroatoms. The lowest BCUT2D eigenvalue weighted by atomic mass is 9.79. The number of anilines is 6. The fraction of sp³-hybridized carbons (Fsp3) is 0.364. The summed E-state index contributed by atoms with van der Waals surface area (Å²) in [6.45, 7) is 41.9. The van der Waals surface area contributed by atoms with Gasteiger partial charge in [0.05, 0.1) is 0 Å². The quantitative estimate of drug-likeness (QED) is 0.164. The van der Waals surface area contributed by atoms with Gasteiger partial charge >= 0.3 is 0 Å². The van der Waals surface area contributed by atoms with Crippen LogP contribution in [0.4, 0.5) is 34.1 Å². The van der Waals surface area contributed by atoms with E-state index in [0.717, 1.165) is 0 Å². The molecule has 2 aliphatic carbocycles. The molecule has 0 saturated carbocycles. The third kappa shape index (κ3) is 8.00. The Kier molecular flexibility index (Phi) is 11.0. The molecule has 0 radical (unpaired) electrons. The third-order valence-corrected chi connectivity index (χ3v) is 15.5. The molecule has 0 amide bonds. The summed E-state index contributed by atoms with van der Waals surface area (Å²) in [5.74, 6) is 0. The molecule has 7 aromatic carbocycles. The Balaban J connectivity index is 1.15. The van der Waals surface area contributed by atoms with Gasteiger partial charge in [-0.3, -0.25) is 0 Å². The summed E-state index contributed by atoms with van der Waals surface area (Å²) in [5, 5.41) is 0. The predicted molar refractivity (Wildman–Crippen MR) is 295 cm³/mol. The predicted octanol–water partition coefficient (Wildman–Crippen LogP) is 19.0. The number of nitrogens with zero attached hydrogens (tertiary/aromatic N) is 2. The molecule has 0 aliphatic heterocycles. The normalized spacial score (nSPS) is 14.9. The molecule has 0 unspecified atom stereocenters. The van der Waals surface area contributed by atoms with Gasteiger partial charge in [0.2, 0.25) is 0 Å². The second-order valence-corrected chi connectivity index (χ2v) is 25.4. The van der Waals surface area contributed by atoms with Crippen molar-refractivity contribution in [2.24, 2.45) is 0 Å². The first-order valence-corrected chi connectivity index (χ1v) is 25.1. The minimum Gasteiger partial charge on any atom is -0.310 e. The number of hydrogen-bond donors (Lipinski definition) is 0. The molecular formula is C66H76N2. The lowest BCUT2D eigenvalue weighted by Gasteiger charge is -2.30. The SMILES string of the molecule is Cc1cc(N(c2ccc(C(C)(C)C)cc2)c2ccc(C(C)(C)C)cc2)cc2c1-c1cc3c(cc1C2(C)C)-c1c(C)cc(N(c2ccc(C(C)(C)C)cc2)c2ccc(C(C)(C)C)cc2)cc1C3(C)C. The van der Waals surface area contributed by atoms with Crippen LogP contribution in [0.3, 0.4) is 0 Å². The highest BCUT2D eigenvalue weighted by Gasteiger charge is 2.43. The molecule has 0 aromatic heterocycles. The zero-order chi connectivity index (χ0) is 49.3. The lowest BCUT2D eigenvalue weighted by molar-refractivity contribution is 0.590. The van der Waals surface area contributed by atoms with Gasteiger partial charge in [0.25, 0.3) is 0 Å². The standard InChI is InChI=1S/C66H76N2/c1-41-35-51(67(47-27-19-43(20-28-47)61(3,4)5)48-29-21-44(22-30-48)62(6,7)8)37-57-59(41)53-39-56-54(40-55(53)65(57,15)16)60-42(2)36-52(38-58(60)66(56,17)18)68(49-31-23-45(24-32-49)63(9,10)11)50-33-25-46(26-34-50)64(12,13)14/h19-40H,1-18H3. The van der Waals surface area contributed by atoms with E-state index in [1.54, 1.807) is 0 Å². The van der Waals surface area contributed by atoms with Gasteiger partial charge < -0.3 is 9.80 Å². The Hall–Kier alpha value is -5.86.